The van der Waals surface area contributed by atoms with Gasteiger partial charge in [0.05, 0.1) is 11.5 Å². The molecular weight excluding hydrogens is 286 g/mol. The van der Waals surface area contributed by atoms with Crippen molar-refractivity contribution >= 4 is 19.9 Å². The van der Waals surface area contributed by atoms with Gasteiger partial charge in [-0.15, -0.1) is 0 Å². The predicted molar refractivity (Wildman–Crippen MR) is 77.2 cm³/mol. The van der Waals surface area contributed by atoms with Gasteiger partial charge in [-0.25, -0.2) is 21.6 Å². The lowest BCUT2D eigenvalue weighted by molar-refractivity contribution is 0.227. The highest BCUT2D eigenvalue weighted by molar-refractivity contribution is 7.91. The van der Waals surface area contributed by atoms with Crippen LogP contribution in [0.4, 0.5) is 0 Å². The van der Waals surface area contributed by atoms with Gasteiger partial charge in [0.15, 0.2) is 0 Å². The van der Waals surface area contributed by atoms with E-state index in [4.69, 9.17) is 0 Å². The number of rotatable bonds is 6. The second-order valence-electron chi connectivity index (χ2n) is 5.79. The Hall–Kier alpha value is -0.140. The van der Waals surface area contributed by atoms with Crippen LogP contribution in [-0.2, 0) is 19.9 Å². The summed E-state index contributed by atoms with van der Waals surface area (Å²) in [7, 11) is -6.47. The summed E-state index contributed by atoms with van der Waals surface area (Å²) in [6.45, 7) is 4.22. The molecule has 1 aliphatic carbocycles. The minimum atomic E-state index is -3.37. The van der Waals surface area contributed by atoms with Crippen LogP contribution >= 0.6 is 0 Å². The molecule has 0 aromatic heterocycles. The second-order valence-corrected chi connectivity index (χ2v) is 9.93. The monoisotopic (exact) mass is 311 g/mol. The summed E-state index contributed by atoms with van der Waals surface area (Å²) < 4.78 is 48.6. The lowest BCUT2D eigenvalue weighted by atomic mass is 9.78. The first-order valence-electron chi connectivity index (χ1n) is 6.78. The van der Waals surface area contributed by atoms with Crippen LogP contribution < -0.4 is 4.72 Å². The molecule has 1 N–H and O–H groups in total. The Morgan fingerprint density at radius 1 is 1.05 bits per heavy atom. The maximum absolute atomic E-state index is 11.9. The third-order valence-electron chi connectivity index (χ3n) is 3.97. The largest absolute Gasteiger partial charge is 0.229 e. The number of hydrogen-bond donors (Lipinski definition) is 1. The van der Waals surface area contributed by atoms with Crippen LogP contribution in [0.5, 0.6) is 0 Å². The van der Waals surface area contributed by atoms with Crippen molar-refractivity contribution in [2.45, 2.75) is 45.6 Å². The van der Waals surface area contributed by atoms with Crippen LogP contribution in [0.15, 0.2) is 0 Å². The summed E-state index contributed by atoms with van der Waals surface area (Å²) in [6.07, 6.45) is 4.34. The standard InChI is InChI=1S/C12H25NO4S2/c1-10-6-4-7-12(11(10)2)13-19(16,17)9-5-8-18(3,14)15/h10-13H,4-9H2,1-3H3/t10-,11-,12-/m1/s1. The second kappa shape index (κ2) is 6.54. The summed E-state index contributed by atoms with van der Waals surface area (Å²) >= 11 is 0. The summed E-state index contributed by atoms with van der Waals surface area (Å²) in [5.41, 5.74) is 0. The highest BCUT2D eigenvalue weighted by atomic mass is 32.2. The molecule has 3 atom stereocenters. The molecule has 0 radical (unpaired) electrons. The van der Waals surface area contributed by atoms with Gasteiger partial charge in [-0.2, -0.15) is 0 Å². The van der Waals surface area contributed by atoms with Crippen molar-refractivity contribution in [3.8, 4) is 0 Å². The average molecular weight is 311 g/mol. The van der Waals surface area contributed by atoms with Gasteiger partial charge in [0.25, 0.3) is 0 Å². The van der Waals surface area contributed by atoms with Crippen molar-refractivity contribution in [1.29, 1.82) is 0 Å². The Balaban J connectivity index is 2.50. The Bertz CT molecular complexity index is 484. The molecule has 1 rings (SSSR count). The fourth-order valence-corrected chi connectivity index (χ4v) is 4.84. The predicted octanol–water partition coefficient (Wildman–Crippen LogP) is 1.17. The quantitative estimate of drug-likeness (QED) is 0.798. The molecule has 0 aromatic rings. The molecule has 114 valence electrons. The van der Waals surface area contributed by atoms with E-state index in [-0.39, 0.29) is 24.0 Å². The summed E-state index contributed by atoms with van der Waals surface area (Å²) in [6, 6.07) is -0.00742. The normalized spacial score (nSPS) is 29.3. The maximum atomic E-state index is 11.9. The molecule has 5 nitrogen and oxygen atoms in total. The lowest BCUT2D eigenvalue weighted by Gasteiger charge is -2.34. The minimum absolute atomic E-state index is 0.00742. The van der Waals surface area contributed by atoms with Crippen LogP contribution in [0.1, 0.15) is 39.5 Å². The Morgan fingerprint density at radius 3 is 2.26 bits per heavy atom. The van der Waals surface area contributed by atoms with Crippen molar-refractivity contribution < 1.29 is 16.8 Å². The molecule has 0 unspecified atom stereocenters. The number of sulfone groups is 1. The summed E-state index contributed by atoms with van der Waals surface area (Å²) in [4.78, 5) is 0. The van der Waals surface area contributed by atoms with Crippen LogP contribution in [0.3, 0.4) is 0 Å². The van der Waals surface area contributed by atoms with Gasteiger partial charge in [-0.1, -0.05) is 26.7 Å². The number of hydrogen-bond acceptors (Lipinski definition) is 4. The maximum Gasteiger partial charge on any atom is 0.211 e. The van der Waals surface area contributed by atoms with Crippen molar-refractivity contribution in [3.05, 3.63) is 0 Å². The molecule has 0 spiro atoms. The smallest absolute Gasteiger partial charge is 0.211 e. The molecule has 0 saturated heterocycles. The van der Waals surface area contributed by atoms with Crippen molar-refractivity contribution in [2.24, 2.45) is 11.8 Å². The highest BCUT2D eigenvalue weighted by Crippen LogP contribution is 2.29. The van der Waals surface area contributed by atoms with Crippen molar-refractivity contribution in [1.82, 2.24) is 4.72 Å². The van der Waals surface area contributed by atoms with E-state index in [1.807, 2.05) is 0 Å². The zero-order chi connectivity index (χ0) is 14.7. The van der Waals surface area contributed by atoms with E-state index < -0.39 is 19.9 Å². The molecule has 0 bridgehead atoms. The first kappa shape index (κ1) is 16.9. The Labute approximate surface area is 117 Å². The van der Waals surface area contributed by atoms with E-state index >= 15 is 0 Å². The van der Waals surface area contributed by atoms with Crippen LogP contribution in [-0.4, -0.2) is 40.6 Å². The summed E-state index contributed by atoms with van der Waals surface area (Å²) in [5.74, 6) is 0.665. The van der Waals surface area contributed by atoms with Crippen LogP contribution in [0, 0.1) is 11.8 Å². The van der Waals surface area contributed by atoms with Gasteiger partial charge < -0.3 is 0 Å². The molecular formula is C12H25NO4S2. The van der Waals surface area contributed by atoms with Crippen LogP contribution in [0.2, 0.25) is 0 Å². The molecule has 19 heavy (non-hydrogen) atoms. The van der Waals surface area contributed by atoms with Crippen LogP contribution in [0.25, 0.3) is 0 Å². The highest BCUT2D eigenvalue weighted by Gasteiger charge is 2.29. The molecule has 1 saturated carbocycles. The van der Waals surface area contributed by atoms with E-state index in [1.165, 1.54) is 0 Å². The lowest BCUT2D eigenvalue weighted by Crippen LogP contribution is -2.44. The SMILES string of the molecule is C[C@@H]1[C@H](C)CCC[C@H]1NS(=O)(=O)CCCS(C)(=O)=O. The van der Waals surface area contributed by atoms with E-state index in [9.17, 15) is 16.8 Å². The topological polar surface area (TPSA) is 80.3 Å². The zero-order valence-electron chi connectivity index (χ0n) is 11.9. The van der Waals surface area contributed by atoms with Gasteiger partial charge in [0.1, 0.15) is 9.84 Å². The molecule has 0 amide bonds. The first-order valence-corrected chi connectivity index (χ1v) is 10.5. The number of nitrogens with one attached hydrogen (secondary N) is 1. The fourth-order valence-electron chi connectivity index (χ4n) is 2.55. The Kier molecular flexibility index (Phi) is 5.82. The van der Waals surface area contributed by atoms with Gasteiger partial charge >= 0.3 is 0 Å². The molecule has 0 aliphatic heterocycles. The average Bonchev–Trinajstić information content (AvgIpc) is 2.22. The summed E-state index contributed by atoms with van der Waals surface area (Å²) in [5, 5.41) is 0. The Morgan fingerprint density at radius 2 is 1.68 bits per heavy atom. The van der Waals surface area contributed by atoms with E-state index in [0.29, 0.717) is 11.8 Å². The third-order valence-corrected chi connectivity index (χ3v) is 6.48. The van der Waals surface area contributed by atoms with E-state index in [1.54, 1.807) is 0 Å². The van der Waals surface area contributed by atoms with E-state index in [0.717, 1.165) is 25.5 Å². The van der Waals surface area contributed by atoms with Crippen molar-refractivity contribution in [2.75, 3.05) is 17.8 Å². The van der Waals surface area contributed by atoms with Gasteiger partial charge in [-0.05, 0) is 24.7 Å². The fraction of sp³-hybridized carbons (Fsp3) is 1.00. The van der Waals surface area contributed by atoms with Gasteiger partial charge in [0, 0.05) is 12.3 Å². The van der Waals surface area contributed by atoms with Gasteiger partial charge in [0.2, 0.25) is 10.0 Å². The van der Waals surface area contributed by atoms with Gasteiger partial charge in [-0.3, -0.25) is 0 Å². The zero-order valence-corrected chi connectivity index (χ0v) is 13.6. The minimum Gasteiger partial charge on any atom is -0.229 e. The third kappa shape index (κ3) is 6.23. The molecule has 0 aromatic carbocycles. The van der Waals surface area contributed by atoms with Crippen molar-refractivity contribution in [3.63, 3.8) is 0 Å². The first-order chi connectivity index (χ1) is 8.61. The van der Waals surface area contributed by atoms with E-state index in [2.05, 4.69) is 18.6 Å². The number of sulfonamides is 1. The molecule has 1 fully saturated rings. The molecule has 1 aliphatic rings. The molecule has 7 heteroatoms. The molecule has 0 heterocycles.